The third-order valence-corrected chi connectivity index (χ3v) is 4.50. The highest BCUT2D eigenvalue weighted by Gasteiger charge is 2.23. The minimum atomic E-state index is -0.571. The van der Waals surface area contributed by atoms with Gasteiger partial charge in [0.25, 0.3) is 5.91 Å². The van der Waals surface area contributed by atoms with Crippen molar-refractivity contribution < 1.29 is 24.0 Å². The van der Waals surface area contributed by atoms with Gasteiger partial charge in [0, 0.05) is 24.7 Å². The van der Waals surface area contributed by atoms with Gasteiger partial charge in [0.15, 0.2) is 12.4 Å². The fourth-order valence-electron chi connectivity index (χ4n) is 3.11. The SMILES string of the molecule is COc1ccc(NC(=O)COc2ccccc2[N+](=O)[O-])cc1N1CCCCC1=O. The lowest BCUT2D eigenvalue weighted by molar-refractivity contribution is -0.385. The van der Waals surface area contributed by atoms with Crippen LogP contribution >= 0.6 is 0 Å². The van der Waals surface area contributed by atoms with E-state index >= 15 is 0 Å². The Balaban J connectivity index is 1.70. The van der Waals surface area contributed by atoms with E-state index in [-0.39, 0.29) is 17.3 Å². The summed E-state index contributed by atoms with van der Waals surface area (Å²) >= 11 is 0. The summed E-state index contributed by atoms with van der Waals surface area (Å²) in [6, 6.07) is 10.8. The molecule has 1 aliphatic rings. The van der Waals surface area contributed by atoms with Gasteiger partial charge in [-0.15, -0.1) is 0 Å². The lowest BCUT2D eigenvalue weighted by Gasteiger charge is -2.28. The summed E-state index contributed by atoms with van der Waals surface area (Å²) in [5.74, 6) is 0.0818. The van der Waals surface area contributed by atoms with Crippen molar-refractivity contribution in [1.82, 2.24) is 0 Å². The first kappa shape index (κ1) is 20.1. The van der Waals surface area contributed by atoms with Gasteiger partial charge in [0.2, 0.25) is 5.91 Å². The van der Waals surface area contributed by atoms with Gasteiger partial charge >= 0.3 is 5.69 Å². The van der Waals surface area contributed by atoms with E-state index in [9.17, 15) is 19.7 Å². The third-order valence-electron chi connectivity index (χ3n) is 4.50. The first-order chi connectivity index (χ1) is 14.0. The lowest BCUT2D eigenvalue weighted by atomic mass is 10.1. The number of nitrogens with one attached hydrogen (secondary N) is 1. The molecule has 0 unspecified atom stereocenters. The average Bonchev–Trinajstić information content (AvgIpc) is 2.72. The second-order valence-corrected chi connectivity index (χ2v) is 6.45. The maximum Gasteiger partial charge on any atom is 0.310 e. The van der Waals surface area contributed by atoms with Crippen LogP contribution in [0.15, 0.2) is 42.5 Å². The van der Waals surface area contributed by atoms with Crippen LogP contribution < -0.4 is 19.7 Å². The molecule has 0 saturated carbocycles. The van der Waals surface area contributed by atoms with Crippen LogP contribution in [-0.4, -0.2) is 37.0 Å². The van der Waals surface area contributed by atoms with E-state index in [0.29, 0.717) is 30.1 Å². The largest absolute Gasteiger partial charge is 0.495 e. The highest BCUT2D eigenvalue weighted by atomic mass is 16.6. The van der Waals surface area contributed by atoms with E-state index in [1.54, 1.807) is 29.2 Å². The van der Waals surface area contributed by atoms with Gasteiger partial charge in [-0.05, 0) is 37.1 Å². The fraction of sp³-hybridized carbons (Fsp3) is 0.300. The van der Waals surface area contributed by atoms with Gasteiger partial charge < -0.3 is 19.7 Å². The Bertz CT molecular complexity index is 930. The molecule has 1 aliphatic heterocycles. The number of nitrogens with zero attached hydrogens (tertiary/aromatic N) is 2. The molecule has 29 heavy (non-hydrogen) atoms. The van der Waals surface area contributed by atoms with Crippen LogP contribution in [0.4, 0.5) is 17.1 Å². The molecule has 0 atom stereocenters. The van der Waals surface area contributed by atoms with Crippen LogP contribution in [0.3, 0.4) is 0 Å². The molecule has 1 heterocycles. The van der Waals surface area contributed by atoms with E-state index in [0.717, 1.165) is 12.8 Å². The zero-order valence-electron chi connectivity index (χ0n) is 15.9. The van der Waals surface area contributed by atoms with Crippen molar-refractivity contribution in [2.75, 3.05) is 30.5 Å². The summed E-state index contributed by atoms with van der Waals surface area (Å²) in [6.45, 7) is 0.197. The topological polar surface area (TPSA) is 111 Å². The standard InChI is InChI=1S/C20H21N3O6/c1-28-17-10-9-14(12-16(17)22-11-5-4-8-20(22)25)21-19(24)13-29-18-7-3-2-6-15(18)23(26)27/h2-3,6-7,9-10,12H,4-5,8,11,13H2,1H3,(H,21,24). The van der Waals surface area contributed by atoms with Crippen molar-refractivity contribution in [1.29, 1.82) is 0 Å². The van der Waals surface area contributed by atoms with Crippen molar-refractivity contribution in [3.8, 4) is 11.5 Å². The average molecular weight is 399 g/mol. The monoisotopic (exact) mass is 399 g/mol. The first-order valence-corrected chi connectivity index (χ1v) is 9.14. The number of carbonyl (C=O) groups excluding carboxylic acids is 2. The quantitative estimate of drug-likeness (QED) is 0.566. The van der Waals surface area contributed by atoms with Crippen molar-refractivity contribution in [2.24, 2.45) is 0 Å². The minimum Gasteiger partial charge on any atom is -0.495 e. The van der Waals surface area contributed by atoms with E-state index in [1.807, 2.05) is 0 Å². The molecular formula is C20H21N3O6. The van der Waals surface area contributed by atoms with Gasteiger partial charge in [-0.2, -0.15) is 0 Å². The molecule has 2 amide bonds. The number of benzene rings is 2. The predicted molar refractivity (Wildman–Crippen MR) is 106 cm³/mol. The van der Waals surface area contributed by atoms with Crippen LogP contribution in [0.2, 0.25) is 0 Å². The summed E-state index contributed by atoms with van der Waals surface area (Å²) in [5, 5.41) is 13.7. The number of rotatable bonds is 7. The maximum absolute atomic E-state index is 12.3. The molecule has 9 heteroatoms. The van der Waals surface area contributed by atoms with Crippen LogP contribution in [0.1, 0.15) is 19.3 Å². The predicted octanol–water partition coefficient (Wildman–Crippen LogP) is 3.14. The smallest absolute Gasteiger partial charge is 0.310 e. The zero-order chi connectivity index (χ0) is 20.8. The number of nitro benzene ring substituents is 1. The molecule has 1 saturated heterocycles. The van der Waals surface area contributed by atoms with Crippen molar-refractivity contribution in [3.63, 3.8) is 0 Å². The second kappa shape index (κ2) is 9.05. The summed E-state index contributed by atoms with van der Waals surface area (Å²) < 4.78 is 10.7. The molecule has 0 aliphatic carbocycles. The van der Waals surface area contributed by atoms with E-state index in [1.165, 1.54) is 25.3 Å². The number of ether oxygens (including phenoxy) is 2. The number of anilines is 2. The molecule has 9 nitrogen and oxygen atoms in total. The van der Waals surface area contributed by atoms with Crippen LogP contribution in [0, 0.1) is 10.1 Å². The van der Waals surface area contributed by atoms with Crippen molar-refractivity contribution >= 4 is 28.9 Å². The molecule has 0 aromatic heterocycles. The Morgan fingerprint density at radius 1 is 1.21 bits per heavy atom. The highest BCUT2D eigenvalue weighted by Crippen LogP contribution is 2.33. The van der Waals surface area contributed by atoms with E-state index in [4.69, 9.17) is 9.47 Å². The zero-order valence-corrected chi connectivity index (χ0v) is 15.9. The number of carbonyl (C=O) groups is 2. The number of amides is 2. The maximum atomic E-state index is 12.3. The van der Waals surface area contributed by atoms with Crippen molar-refractivity contribution in [3.05, 3.63) is 52.6 Å². The molecule has 2 aromatic rings. The Hall–Kier alpha value is -3.62. The lowest BCUT2D eigenvalue weighted by Crippen LogP contribution is -2.35. The fourth-order valence-corrected chi connectivity index (χ4v) is 3.11. The Kier molecular flexibility index (Phi) is 6.28. The van der Waals surface area contributed by atoms with Crippen LogP contribution in [0.5, 0.6) is 11.5 Å². The second-order valence-electron chi connectivity index (χ2n) is 6.45. The van der Waals surface area contributed by atoms with Crippen molar-refractivity contribution in [2.45, 2.75) is 19.3 Å². The minimum absolute atomic E-state index is 0.0118. The first-order valence-electron chi connectivity index (χ1n) is 9.14. The number of nitro groups is 1. The summed E-state index contributed by atoms with van der Waals surface area (Å²) in [5.41, 5.74) is 0.848. The number of para-hydroxylation sites is 2. The van der Waals surface area contributed by atoms with Gasteiger partial charge in [-0.25, -0.2) is 0 Å². The molecule has 3 rings (SSSR count). The molecule has 0 radical (unpaired) electrons. The molecule has 152 valence electrons. The summed E-state index contributed by atoms with van der Waals surface area (Å²) in [6.07, 6.45) is 2.23. The van der Waals surface area contributed by atoms with Gasteiger partial charge in [-0.1, -0.05) is 12.1 Å². The summed E-state index contributed by atoms with van der Waals surface area (Å²) in [4.78, 5) is 36.6. The van der Waals surface area contributed by atoms with Gasteiger partial charge in [-0.3, -0.25) is 19.7 Å². The van der Waals surface area contributed by atoms with E-state index in [2.05, 4.69) is 5.32 Å². The van der Waals surface area contributed by atoms with Gasteiger partial charge in [0.05, 0.1) is 17.7 Å². The number of methoxy groups -OCH3 is 1. The van der Waals surface area contributed by atoms with E-state index < -0.39 is 17.4 Å². The van der Waals surface area contributed by atoms with Crippen LogP contribution in [-0.2, 0) is 9.59 Å². The molecule has 1 N–H and O–H groups in total. The Labute approximate surface area is 167 Å². The van der Waals surface area contributed by atoms with Gasteiger partial charge in [0.1, 0.15) is 5.75 Å². The molecule has 0 spiro atoms. The third kappa shape index (κ3) is 4.81. The Morgan fingerprint density at radius 2 is 2.00 bits per heavy atom. The number of hydrogen-bond donors (Lipinski definition) is 1. The molecule has 2 aromatic carbocycles. The molecular weight excluding hydrogens is 378 g/mol. The number of piperidine rings is 1. The number of hydrogen-bond acceptors (Lipinski definition) is 6. The summed E-state index contributed by atoms with van der Waals surface area (Å²) in [7, 11) is 1.52. The Morgan fingerprint density at radius 3 is 2.72 bits per heavy atom. The molecule has 0 bridgehead atoms. The highest BCUT2D eigenvalue weighted by molar-refractivity contribution is 5.98. The normalized spacial score (nSPS) is 13.7. The van der Waals surface area contributed by atoms with Crippen LogP contribution in [0.25, 0.3) is 0 Å². The molecule has 1 fully saturated rings.